The molecule has 0 atom stereocenters. The number of rotatable bonds is 7. The second-order valence-electron chi connectivity index (χ2n) is 8.65. The van der Waals surface area contributed by atoms with Crippen molar-refractivity contribution in [3.8, 4) is 26.3 Å². The van der Waals surface area contributed by atoms with E-state index >= 15 is 0 Å². The second-order valence-corrected chi connectivity index (χ2v) is 11.7. The first-order valence-corrected chi connectivity index (χ1v) is 14.6. The number of carbonyl (C=O) groups is 1. The van der Waals surface area contributed by atoms with Crippen molar-refractivity contribution in [2.75, 3.05) is 4.90 Å². The fourth-order valence-corrected chi connectivity index (χ4v) is 7.94. The number of hydrogen-bond donors (Lipinski definition) is 1. The van der Waals surface area contributed by atoms with Crippen molar-refractivity contribution >= 4 is 73.2 Å². The number of benzene rings is 3. The van der Waals surface area contributed by atoms with Gasteiger partial charge >= 0.3 is 5.97 Å². The van der Waals surface area contributed by atoms with E-state index in [-0.39, 0.29) is 5.57 Å². The summed E-state index contributed by atoms with van der Waals surface area (Å²) in [4.78, 5) is 17.8. The van der Waals surface area contributed by atoms with Crippen molar-refractivity contribution in [1.82, 2.24) is 0 Å². The van der Waals surface area contributed by atoms with Crippen LogP contribution in [0.15, 0.2) is 114 Å². The Labute approximate surface area is 237 Å². The Morgan fingerprint density at radius 3 is 2.00 bits per heavy atom. The van der Waals surface area contributed by atoms with Gasteiger partial charge in [-0.15, -0.1) is 34.0 Å². The van der Waals surface area contributed by atoms with Crippen molar-refractivity contribution in [3.63, 3.8) is 0 Å². The molecule has 0 amide bonds. The zero-order valence-corrected chi connectivity index (χ0v) is 22.9. The van der Waals surface area contributed by atoms with Crippen LogP contribution in [0.25, 0.3) is 36.4 Å². The van der Waals surface area contributed by atoms with Crippen molar-refractivity contribution in [3.05, 3.63) is 119 Å². The van der Waals surface area contributed by atoms with Crippen LogP contribution >= 0.6 is 34.0 Å². The highest BCUT2D eigenvalue weighted by molar-refractivity contribution is 7.29. The van der Waals surface area contributed by atoms with Gasteiger partial charge in [0.25, 0.3) is 0 Å². The molecule has 0 bridgehead atoms. The predicted molar refractivity (Wildman–Crippen MR) is 164 cm³/mol. The molecule has 39 heavy (non-hydrogen) atoms. The van der Waals surface area contributed by atoms with Crippen LogP contribution in [0.5, 0.6) is 0 Å². The number of thiophene rings is 3. The quantitative estimate of drug-likeness (QED) is 0.156. The summed E-state index contributed by atoms with van der Waals surface area (Å²) < 4.78 is 1.11. The highest BCUT2D eigenvalue weighted by Gasteiger charge is 2.18. The van der Waals surface area contributed by atoms with Crippen LogP contribution < -0.4 is 4.90 Å². The average molecular weight is 561 g/mol. The third kappa shape index (κ3) is 4.89. The lowest BCUT2D eigenvalue weighted by Crippen LogP contribution is -2.09. The highest BCUT2D eigenvalue weighted by Crippen LogP contribution is 2.46. The topological polar surface area (TPSA) is 64.3 Å². The predicted octanol–water partition coefficient (Wildman–Crippen LogP) is 9.82. The number of anilines is 3. The molecule has 6 rings (SSSR count). The zero-order valence-electron chi connectivity index (χ0n) is 20.4. The minimum Gasteiger partial charge on any atom is -0.477 e. The first kappa shape index (κ1) is 24.8. The van der Waals surface area contributed by atoms with E-state index in [4.69, 9.17) is 0 Å². The molecule has 3 heterocycles. The van der Waals surface area contributed by atoms with Gasteiger partial charge in [0.1, 0.15) is 11.6 Å². The van der Waals surface area contributed by atoms with Crippen LogP contribution in [-0.2, 0) is 4.79 Å². The first-order chi connectivity index (χ1) is 19.1. The fraction of sp³-hybridized carbons (Fsp3) is 0. The third-order valence-corrected chi connectivity index (χ3v) is 9.77. The normalized spacial score (nSPS) is 11.4. The van der Waals surface area contributed by atoms with Gasteiger partial charge in [0.15, 0.2) is 0 Å². The summed E-state index contributed by atoms with van der Waals surface area (Å²) in [5.41, 5.74) is 4.14. The van der Waals surface area contributed by atoms with Crippen LogP contribution in [-0.4, -0.2) is 11.1 Å². The lowest BCUT2D eigenvalue weighted by molar-refractivity contribution is -0.132. The number of fused-ring (bicyclic) bond motifs is 1. The van der Waals surface area contributed by atoms with Gasteiger partial charge in [0, 0.05) is 37.1 Å². The molecular formula is C32H20N2O2S3. The molecule has 0 saturated carbocycles. The molecular weight excluding hydrogens is 541 g/mol. The monoisotopic (exact) mass is 560 g/mol. The lowest BCUT2D eigenvalue weighted by Gasteiger charge is -2.25. The smallest absolute Gasteiger partial charge is 0.346 e. The molecule has 0 aliphatic rings. The Kier molecular flexibility index (Phi) is 6.82. The minimum absolute atomic E-state index is 0.261. The fourth-order valence-electron chi connectivity index (χ4n) is 4.42. The molecule has 0 aliphatic carbocycles. The number of nitriles is 1. The molecule has 7 heteroatoms. The van der Waals surface area contributed by atoms with E-state index in [1.807, 2.05) is 47.8 Å². The standard InChI is InChI=1S/C32H20N2O2S3/c33-20-22(32(35)36)19-29-26-17-18-37-30(26)31(39-29)28-16-15-27(38-28)21-11-13-25(14-12-21)34(23-7-3-1-4-8-23)24-9-5-2-6-10-24/h1-19H,(H,35,36)/b22-19-. The van der Waals surface area contributed by atoms with Gasteiger partial charge in [0.05, 0.1) is 9.58 Å². The molecule has 4 nitrogen and oxygen atoms in total. The van der Waals surface area contributed by atoms with Gasteiger partial charge in [0.2, 0.25) is 0 Å². The van der Waals surface area contributed by atoms with E-state index in [1.54, 1.807) is 28.7 Å². The molecule has 6 aromatic rings. The Hall–Kier alpha value is -4.48. The largest absolute Gasteiger partial charge is 0.477 e. The van der Waals surface area contributed by atoms with Gasteiger partial charge in [-0.2, -0.15) is 5.26 Å². The molecule has 0 fully saturated rings. The van der Waals surface area contributed by atoms with Gasteiger partial charge in [-0.1, -0.05) is 48.5 Å². The minimum atomic E-state index is -1.21. The van der Waals surface area contributed by atoms with Gasteiger partial charge in [-0.05, 0) is 71.6 Å². The molecule has 0 spiro atoms. The Morgan fingerprint density at radius 1 is 0.769 bits per heavy atom. The van der Waals surface area contributed by atoms with Crippen molar-refractivity contribution < 1.29 is 9.90 Å². The maximum Gasteiger partial charge on any atom is 0.346 e. The van der Waals surface area contributed by atoms with Crippen LogP contribution in [0.2, 0.25) is 0 Å². The highest BCUT2D eigenvalue weighted by atomic mass is 32.1. The number of para-hydroxylation sites is 2. The summed E-state index contributed by atoms with van der Waals surface area (Å²) in [6.45, 7) is 0. The van der Waals surface area contributed by atoms with Gasteiger partial charge < -0.3 is 10.0 Å². The van der Waals surface area contributed by atoms with Crippen molar-refractivity contribution in [2.45, 2.75) is 0 Å². The number of carboxylic acid groups (broad SMARTS) is 1. The second kappa shape index (κ2) is 10.7. The summed E-state index contributed by atoms with van der Waals surface area (Å²) in [5, 5.41) is 21.5. The Bertz CT molecular complexity index is 1800. The van der Waals surface area contributed by atoms with Gasteiger partial charge in [-0.25, -0.2) is 4.79 Å². The van der Waals surface area contributed by atoms with Gasteiger partial charge in [-0.3, -0.25) is 0 Å². The Morgan fingerprint density at radius 2 is 1.38 bits per heavy atom. The molecule has 0 aliphatic heterocycles. The number of aliphatic carboxylic acids is 1. The molecule has 0 saturated heterocycles. The van der Waals surface area contributed by atoms with Crippen LogP contribution in [0.4, 0.5) is 17.1 Å². The maximum absolute atomic E-state index is 11.4. The van der Waals surface area contributed by atoms with Crippen molar-refractivity contribution in [1.29, 1.82) is 5.26 Å². The number of nitrogens with zero attached hydrogens (tertiary/aromatic N) is 2. The maximum atomic E-state index is 11.4. The van der Waals surface area contributed by atoms with E-state index in [9.17, 15) is 15.2 Å². The molecule has 3 aromatic carbocycles. The summed E-state index contributed by atoms with van der Waals surface area (Å²) >= 11 is 4.87. The third-order valence-electron chi connectivity index (χ3n) is 6.24. The van der Waals surface area contributed by atoms with E-state index in [0.29, 0.717) is 0 Å². The SMILES string of the molecule is N#C/C(=C/c1sc(-c2ccc(-c3ccc(N(c4ccccc4)c4ccccc4)cc3)s2)c2sccc12)C(=O)O. The zero-order chi connectivity index (χ0) is 26.8. The summed E-state index contributed by atoms with van der Waals surface area (Å²) in [5.74, 6) is -1.21. The first-order valence-electron chi connectivity index (χ1n) is 12.1. The van der Waals surface area contributed by atoms with E-state index in [0.717, 1.165) is 52.2 Å². The Balaban J connectivity index is 1.33. The molecule has 1 N–H and O–H groups in total. The molecule has 0 unspecified atom stereocenters. The van der Waals surface area contributed by atoms with Crippen LogP contribution in [0.3, 0.4) is 0 Å². The summed E-state index contributed by atoms with van der Waals surface area (Å²) in [6.07, 6.45) is 1.48. The van der Waals surface area contributed by atoms with Crippen molar-refractivity contribution in [2.24, 2.45) is 0 Å². The van der Waals surface area contributed by atoms with E-state index in [1.165, 1.54) is 17.4 Å². The summed E-state index contributed by atoms with van der Waals surface area (Å²) in [6, 6.07) is 37.3. The molecule has 0 radical (unpaired) electrons. The van der Waals surface area contributed by atoms with E-state index in [2.05, 4.69) is 65.6 Å². The van der Waals surface area contributed by atoms with Crippen LogP contribution in [0.1, 0.15) is 4.88 Å². The number of carboxylic acids is 1. The lowest BCUT2D eigenvalue weighted by atomic mass is 10.1. The van der Waals surface area contributed by atoms with E-state index < -0.39 is 5.97 Å². The molecule has 3 aromatic heterocycles. The average Bonchev–Trinajstić information content (AvgIpc) is 3.72. The summed E-state index contributed by atoms with van der Waals surface area (Å²) in [7, 11) is 0. The number of hydrogen-bond acceptors (Lipinski definition) is 6. The van der Waals surface area contributed by atoms with Crippen LogP contribution in [0, 0.1) is 11.3 Å². The molecule has 188 valence electrons.